The third kappa shape index (κ3) is 1.99. The molecule has 0 bridgehead atoms. The third-order valence-corrected chi connectivity index (χ3v) is 2.61. The number of hydrogen-bond donors (Lipinski definition) is 0. The fraction of sp³-hybridized carbons (Fsp3) is 0.500. The molecule has 0 radical (unpaired) electrons. The van der Waals surface area contributed by atoms with Crippen LogP contribution >= 0.6 is 11.6 Å². The molecule has 2 heterocycles. The van der Waals surface area contributed by atoms with E-state index in [1.54, 1.807) is 0 Å². The number of halogens is 1. The van der Waals surface area contributed by atoms with E-state index in [1.807, 2.05) is 12.3 Å². The van der Waals surface area contributed by atoms with Crippen molar-refractivity contribution in [3.63, 3.8) is 0 Å². The van der Waals surface area contributed by atoms with E-state index < -0.39 is 0 Å². The van der Waals surface area contributed by atoms with E-state index in [0.717, 1.165) is 32.0 Å². The van der Waals surface area contributed by atoms with E-state index in [1.165, 1.54) is 5.56 Å². The lowest BCUT2D eigenvalue weighted by Crippen LogP contribution is -2.36. The van der Waals surface area contributed by atoms with Gasteiger partial charge in [-0.05, 0) is 18.6 Å². The maximum absolute atomic E-state index is 5.80. The van der Waals surface area contributed by atoms with Crippen molar-refractivity contribution in [1.29, 1.82) is 0 Å². The molecule has 0 N–H and O–H groups in total. The van der Waals surface area contributed by atoms with Crippen LogP contribution in [0.15, 0.2) is 12.3 Å². The molecule has 2 rings (SSSR count). The molecule has 1 aromatic rings. The van der Waals surface area contributed by atoms with Gasteiger partial charge in [-0.15, -0.1) is 0 Å². The van der Waals surface area contributed by atoms with Gasteiger partial charge in [0, 0.05) is 13.1 Å². The Morgan fingerprint density at radius 3 is 2.79 bits per heavy atom. The molecule has 4 heteroatoms. The van der Waals surface area contributed by atoms with Crippen molar-refractivity contribution in [1.82, 2.24) is 4.98 Å². The Morgan fingerprint density at radius 1 is 1.43 bits per heavy atom. The zero-order chi connectivity index (χ0) is 9.97. The van der Waals surface area contributed by atoms with E-state index in [9.17, 15) is 0 Å². The van der Waals surface area contributed by atoms with Crippen LogP contribution in [0.1, 0.15) is 5.56 Å². The van der Waals surface area contributed by atoms with Crippen molar-refractivity contribution in [3.8, 4) is 0 Å². The van der Waals surface area contributed by atoms with Gasteiger partial charge in [0.2, 0.25) is 0 Å². The monoisotopic (exact) mass is 212 g/mol. The number of morpholine rings is 1. The highest BCUT2D eigenvalue weighted by atomic mass is 35.5. The molecule has 0 aromatic carbocycles. The summed E-state index contributed by atoms with van der Waals surface area (Å²) in [4.78, 5) is 6.38. The summed E-state index contributed by atoms with van der Waals surface area (Å²) in [5.41, 5.74) is 2.34. The number of ether oxygens (including phenoxy) is 1. The summed E-state index contributed by atoms with van der Waals surface area (Å²) in [6.07, 6.45) is 1.84. The zero-order valence-corrected chi connectivity index (χ0v) is 8.92. The lowest BCUT2D eigenvalue weighted by Gasteiger charge is -2.29. The van der Waals surface area contributed by atoms with Crippen LogP contribution < -0.4 is 4.90 Å². The van der Waals surface area contributed by atoms with Crippen LogP contribution in [0.4, 0.5) is 5.69 Å². The highest BCUT2D eigenvalue weighted by molar-refractivity contribution is 6.29. The first kappa shape index (κ1) is 9.74. The van der Waals surface area contributed by atoms with Crippen LogP contribution in [0.5, 0.6) is 0 Å². The molecule has 0 saturated carbocycles. The summed E-state index contributed by atoms with van der Waals surface area (Å²) in [5.74, 6) is 0. The summed E-state index contributed by atoms with van der Waals surface area (Å²) < 4.78 is 5.30. The van der Waals surface area contributed by atoms with Crippen LogP contribution in [-0.2, 0) is 4.74 Å². The maximum Gasteiger partial charge on any atom is 0.129 e. The molecule has 0 aliphatic carbocycles. The highest BCUT2D eigenvalue weighted by Gasteiger charge is 2.13. The van der Waals surface area contributed by atoms with Gasteiger partial charge < -0.3 is 9.64 Å². The number of pyridine rings is 1. The minimum absolute atomic E-state index is 0.555. The summed E-state index contributed by atoms with van der Waals surface area (Å²) in [7, 11) is 0. The number of aryl methyl sites for hydroxylation is 1. The number of anilines is 1. The second-order valence-electron chi connectivity index (χ2n) is 3.39. The molecule has 14 heavy (non-hydrogen) atoms. The van der Waals surface area contributed by atoms with Gasteiger partial charge in [0.1, 0.15) is 5.15 Å². The molecule has 0 spiro atoms. The molecular weight excluding hydrogens is 200 g/mol. The maximum atomic E-state index is 5.80. The molecule has 1 aromatic heterocycles. The average molecular weight is 213 g/mol. The largest absolute Gasteiger partial charge is 0.378 e. The normalized spacial score (nSPS) is 17.1. The van der Waals surface area contributed by atoms with Crippen molar-refractivity contribution in [2.24, 2.45) is 0 Å². The molecule has 1 saturated heterocycles. The SMILES string of the molecule is Cc1cc(Cl)ncc1N1CCOCC1. The molecule has 0 amide bonds. The van der Waals surface area contributed by atoms with Crippen LogP contribution in [0.2, 0.25) is 5.15 Å². The highest BCUT2D eigenvalue weighted by Crippen LogP contribution is 2.21. The molecule has 1 fully saturated rings. The van der Waals surface area contributed by atoms with Gasteiger partial charge in [0.15, 0.2) is 0 Å². The number of hydrogen-bond acceptors (Lipinski definition) is 3. The van der Waals surface area contributed by atoms with E-state index in [2.05, 4.69) is 16.8 Å². The second-order valence-corrected chi connectivity index (χ2v) is 3.78. The Morgan fingerprint density at radius 2 is 2.14 bits per heavy atom. The minimum atomic E-state index is 0.555. The van der Waals surface area contributed by atoms with Gasteiger partial charge in [-0.3, -0.25) is 0 Å². The standard InChI is InChI=1S/C10H13ClN2O/c1-8-6-10(11)12-7-9(8)13-2-4-14-5-3-13/h6-7H,2-5H2,1H3. The third-order valence-electron chi connectivity index (χ3n) is 2.40. The van der Waals surface area contributed by atoms with Crippen LogP contribution in [0.3, 0.4) is 0 Å². The molecule has 0 atom stereocenters. The fourth-order valence-corrected chi connectivity index (χ4v) is 1.86. The molecule has 3 nitrogen and oxygen atoms in total. The smallest absolute Gasteiger partial charge is 0.129 e. The number of nitrogens with zero attached hydrogens (tertiary/aromatic N) is 2. The summed E-state index contributed by atoms with van der Waals surface area (Å²) in [6.45, 7) is 5.51. The van der Waals surface area contributed by atoms with Gasteiger partial charge >= 0.3 is 0 Å². The lowest BCUT2D eigenvalue weighted by molar-refractivity contribution is 0.122. The molecule has 76 valence electrons. The summed E-state index contributed by atoms with van der Waals surface area (Å²) >= 11 is 5.80. The lowest BCUT2D eigenvalue weighted by atomic mass is 10.2. The Kier molecular flexibility index (Phi) is 2.89. The summed E-state index contributed by atoms with van der Waals surface area (Å²) in [5, 5.41) is 0.555. The quantitative estimate of drug-likeness (QED) is 0.665. The summed E-state index contributed by atoms with van der Waals surface area (Å²) in [6, 6.07) is 1.90. The van der Waals surface area contributed by atoms with Gasteiger partial charge in [0.25, 0.3) is 0 Å². The van der Waals surface area contributed by atoms with Crippen molar-refractivity contribution in [2.75, 3.05) is 31.2 Å². The van der Waals surface area contributed by atoms with Crippen LogP contribution in [0, 0.1) is 6.92 Å². The molecule has 0 unspecified atom stereocenters. The zero-order valence-electron chi connectivity index (χ0n) is 8.16. The van der Waals surface area contributed by atoms with E-state index in [0.29, 0.717) is 5.15 Å². The first-order valence-corrected chi connectivity index (χ1v) is 5.10. The average Bonchev–Trinajstić information content (AvgIpc) is 2.19. The van der Waals surface area contributed by atoms with Gasteiger partial charge in [-0.1, -0.05) is 11.6 Å². The second kappa shape index (κ2) is 4.15. The van der Waals surface area contributed by atoms with Crippen molar-refractivity contribution >= 4 is 17.3 Å². The van der Waals surface area contributed by atoms with E-state index >= 15 is 0 Å². The Balaban J connectivity index is 2.22. The Hall–Kier alpha value is -0.800. The van der Waals surface area contributed by atoms with Gasteiger partial charge in [0.05, 0.1) is 25.1 Å². The number of rotatable bonds is 1. The Bertz CT molecular complexity index is 324. The van der Waals surface area contributed by atoms with Crippen LogP contribution in [0.25, 0.3) is 0 Å². The van der Waals surface area contributed by atoms with Crippen molar-refractivity contribution in [3.05, 3.63) is 23.0 Å². The van der Waals surface area contributed by atoms with Crippen LogP contribution in [-0.4, -0.2) is 31.3 Å². The fourth-order valence-electron chi connectivity index (χ4n) is 1.65. The first-order valence-electron chi connectivity index (χ1n) is 4.72. The molecular formula is C10H13ClN2O. The van der Waals surface area contributed by atoms with E-state index in [4.69, 9.17) is 16.3 Å². The molecule has 1 aliphatic heterocycles. The predicted molar refractivity (Wildman–Crippen MR) is 57.0 cm³/mol. The van der Waals surface area contributed by atoms with E-state index in [-0.39, 0.29) is 0 Å². The molecule has 1 aliphatic rings. The minimum Gasteiger partial charge on any atom is -0.378 e. The first-order chi connectivity index (χ1) is 6.77. The number of aromatic nitrogens is 1. The topological polar surface area (TPSA) is 25.4 Å². The van der Waals surface area contributed by atoms with Gasteiger partial charge in [-0.2, -0.15) is 0 Å². The Labute approximate surface area is 88.6 Å². The van der Waals surface area contributed by atoms with Gasteiger partial charge in [-0.25, -0.2) is 4.98 Å². The van der Waals surface area contributed by atoms with Crippen molar-refractivity contribution < 1.29 is 4.74 Å². The van der Waals surface area contributed by atoms with Crippen molar-refractivity contribution in [2.45, 2.75) is 6.92 Å². The predicted octanol–water partition coefficient (Wildman–Crippen LogP) is 1.88.